The SMILES string of the molecule is CCC(=C(c1ccc(O)cc1)[C]12[CH]3[CH]4[CH]5[CH]1[Fe]45321678[CH]2[CH]1[CH]6[CH]7[CH]28)c1ccc(OCCN(C)C)cc1. The Morgan fingerprint density at radius 1 is 0.853 bits per heavy atom. The first-order valence-corrected chi connectivity index (χ1v) is 19.7. The van der Waals surface area contributed by atoms with E-state index in [2.05, 4.69) is 62.3 Å². The van der Waals surface area contributed by atoms with E-state index in [0.29, 0.717) is 10.1 Å². The van der Waals surface area contributed by atoms with Gasteiger partial charge in [-0.25, -0.2) is 0 Å². The topological polar surface area (TPSA) is 32.7 Å². The molecule has 0 radical (unpaired) electrons. The zero-order chi connectivity index (χ0) is 22.5. The van der Waals surface area contributed by atoms with Gasteiger partial charge >= 0.3 is 192 Å². The van der Waals surface area contributed by atoms with Gasteiger partial charge in [-0.05, 0) is 0 Å². The van der Waals surface area contributed by atoms with Crippen molar-refractivity contribution in [2.45, 2.75) is 61.0 Å². The molecule has 10 fully saturated rings. The van der Waals surface area contributed by atoms with E-state index in [0.717, 1.165) is 25.3 Å². The Morgan fingerprint density at radius 3 is 1.85 bits per heavy atom. The molecule has 12 rings (SSSR count). The molecule has 1 N–H and O–H groups in total. The van der Waals surface area contributed by atoms with Gasteiger partial charge in [-0.15, -0.1) is 0 Å². The van der Waals surface area contributed by atoms with Gasteiger partial charge in [0, 0.05) is 0 Å². The summed E-state index contributed by atoms with van der Waals surface area (Å²) in [6.45, 7) is 0.673. The number of phenols is 1. The Kier molecular flexibility index (Phi) is 1.19. The van der Waals surface area contributed by atoms with Gasteiger partial charge in [-0.1, -0.05) is 0 Å². The van der Waals surface area contributed by atoms with Crippen LogP contribution in [0.25, 0.3) is 11.1 Å². The van der Waals surface area contributed by atoms with Crippen LogP contribution in [0.4, 0.5) is 0 Å². The van der Waals surface area contributed by atoms with Crippen molar-refractivity contribution in [3.63, 3.8) is 0 Å². The average molecular weight is 495 g/mol. The van der Waals surface area contributed by atoms with Crippen molar-refractivity contribution in [1.29, 1.82) is 0 Å². The van der Waals surface area contributed by atoms with Crippen LogP contribution < -0.4 is 4.74 Å². The second kappa shape index (κ2) is 2.40. The number of hydrogen-bond acceptors (Lipinski definition) is 3. The molecule has 0 amide bonds. The summed E-state index contributed by atoms with van der Waals surface area (Å²) in [6.07, 6.45) is 1.09. The van der Waals surface area contributed by atoms with Crippen LogP contribution in [0.2, 0.25) is 47.7 Å². The Hall–Kier alpha value is -1.74. The van der Waals surface area contributed by atoms with Crippen LogP contribution in [0, 0.1) is 0 Å². The predicted molar refractivity (Wildman–Crippen MR) is 132 cm³/mol. The molecule has 4 atom stereocenters. The molecule has 10 aliphatic rings. The van der Waals surface area contributed by atoms with Gasteiger partial charge in [-0.2, -0.15) is 0 Å². The number of fused-ring (bicyclic) bond motifs is 10. The van der Waals surface area contributed by atoms with Crippen molar-refractivity contribution in [3.8, 4) is 11.5 Å². The van der Waals surface area contributed by atoms with E-state index < -0.39 is 6.51 Å². The molecular weight excluding hydrogens is 462 g/mol. The van der Waals surface area contributed by atoms with Crippen molar-refractivity contribution < 1.29 is 16.4 Å². The Balaban J connectivity index is 1.06. The molecular formula is C30H33FeNO2. The van der Waals surface area contributed by atoms with Crippen LogP contribution in [0.5, 0.6) is 11.5 Å². The second-order valence-corrected chi connectivity index (χ2v) is 39.2. The first kappa shape index (κ1) is 16.8. The Labute approximate surface area is 191 Å². The molecule has 10 aliphatic heterocycles. The number of nitrogens with zero attached hydrogens (tertiary/aromatic N) is 1. The molecule has 178 valence electrons. The van der Waals surface area contributed by atoms with Crippen molar-refractivity contribution in [2.75, 3.05) is 27.2 Å². The fourth-order valence-electron chi connectivity index (χ4n) is 19.7. The van der Waals surface area contributed by atoms with Gasteiger partial charge in [0.25, 0.3) is 0 Å². The molecule has 10 saturated heterocycles. The average Bonchev–Trinajstić information content (AvgIpc) is 3.77. The van der Waals surface area contributed by atoms with Crippen LogP contribution in [0.3, 0.4) is 0 Å². The van der Waals surface area contributed by atoms with Crippen molar-refractivity contribution in [1.82, 2.24) is 4.90 Å². The fraction of sp³-hybridized carbons (Fsp3) is 0.533. The molecule has 0 aliphatic carbocycles. The van der Waals surface area contributed by atoms with E-state index in [9.17, 15) is 5.11 Å². The van der Waals surface area contributed by atoms with Gasteiger partial charge in [0.2, 0.25) is 0 Å². The van der Waals surface area contributed by atoms with Gasteiger partial charge in [0.05, 0.1) is 0 Å². The van der Waals surface area contributed by atoms with E-state index in [-0.39, 0.29) is 0 Å². The Bertz CT molecular complexity index is 1700. The molecule has 4 unspecified atom stereocenters. The molecule has 4 heteroatoms. The third-order valence-electron chi connectivity index (χ3n) is 18.9. The third kappa shape index (κ3) is 0.391. The number of aromatic hydroxyl groups is 1. The van der Waals surface area contributed by atoms with Gasteiger partial charge in [0.1, 0.15) is 0 Å². The van der Waals surface area contributed by atoms with Crippen molar-refractivity contribution in [3.05, 3.63) is 59.7 Å². The molecule has 0 aromatic heterocycles. The van der Waals surface area contributed by atoms with Crippen molar-refractivity contribution >= 4 is 11.1 Å². The first-order valence-electron chi connectivity index (χ1n) is 13.4. The van der Waals surface area contributed by atoms with Crippen LogP contribution in [0.1, 0.15) is 24.5 Å². The maximum atomic E-state index is 10.1. The summed E-state index contributed by atoms with van der Waals surface area (Å²) in [4.78, 5) is 13.8. The normalized spacial score (nSPS) is 66.3. The maximum absolute atomic E-state index is 10.1. The van der Waals surface area contributed by atoms with Crippen LogP contribution in [-0.4, -0.2) is 37.3 Å². The zero-order valence-electron chi connectivity index (χ0n) is 20.1. The molecule has 2 aromatic carbocycles. The molecule has 3 nitrogen and oxygen atoms in total. The number of rotatable bonds is 8. The van der Waals surface area contributed by atoms with E-state index in [1.807, 2.05) is 12.1 Å². The van der Waals surface area contributed by atoms with Gasteiger partial charge in [0.15, 0.2) is 0 Å². The number of benzene rings is 2. The van der Waals surface area contributed by atoms with Gasteiger partial charge in [-0.3, -0.25) is 0 Å². The summed E-state index contributed by atoms with van der Waals surface area (Å²) in [5, 5.41) is 10.1. The fourth-order valence-corrected chi connectivity index (χ4v) is 93.9. The second-order valence-electron chi connectivity index (χ2n) is 15.6. The van der Waals surface area contributed by atoms with Gasteiger partial charge < -0.3 is 0 Å². The van der Waals surface area contributed by atoms with Crippen LogP contribution in [0.15, 0.2) is 48.5 Å². The predicted octanol–water partition coefficient (Wildman–Crippen LogP) is 7.41. The standard InChI is InChI=1S/C25H28NO2.C5H5.Fe/c1-4-24(19-11-15-23(16-12-19)28-18-17-26(2)3)25(20-7-5-6-8-20)21-9-13-22(27)14-10-21;1-2-4-5-3-1;/h5-16,27H,4,17-18H2,1-3H3;1-5H;. The minimum atomic E-state index is -3.36. The van der Waals surface area contributed by atoms with Crippen molar-refractivity contribution in [2.24, 2.45) is 0 Å². The summed E-state index contributed by atoms with van der Waals surface area (Å²) in [7, 11) is 4.17. The summed E-state index contributed by atoms with van der Waals surface area (Å²) >= 11 is 0. The van der Waals surface area contributed by atoms with E-state index in [1.165, 1.54) is 54.5 Å². The molecule has 0 bridgehead atoms. The summed E-state index contributed by atoms with van der Waals surface area (Å²) < 4.78 is 6.70. The number of hydrogen-bond donors (Lipinski definition) is 1. The van der Waals surface area contributed by atoms with E-state index in [1.54, 1.807) is 11.1 Å². The summed E-state index contributed by atoms with van der Waals surface area (Å²) in [6, 6.07) is 17.4. The van der Waals surface area contributed by atoms with E-state index >= 15 is 0 Å². The summed E-state index contributed by atoms with van der Waals surface area (Å²) in [5.74, 6) is 1.37. The third-order valence-corrected chi connectivity index (χ3v) is 61.2. The molecule has 1 spiro atoms. The molecule has 10 heterocycles. The molecule has 2 aromatic rings. The quantitative estimate of drug-likeness (QED) is 0.306. The first-order chi connectivity index (χ1) is 16.3. The molecule has 0 saturated carbocycles. The summed E-state index contributed by atoms with van der Waals surface area (Å²) in [5.41, 5.74) is 6.25. The minimum absolute atomic E-state index is 0.394. The number of ether oxygens (including phenoxy) is 1. The Morgan fingerprint density at radius 2 is 1.41 bits per heavy atom. The molecule has 34 heavy (non-hydrogen) atoms. The van der Waals surface area contributed by atoms with Crippen LogP contribution in [-0.2, 0) is 6.51 Å². The number of likely N-dealkylation sites (N-methyl/N-ethyl adjacent to an activating group) is 1. The van der Waals surface area contributed by atoms with Crippen LogP contribution >= 0.6 is 0 Å². The zero-order valence-corrected chi connectivity index (χ0v) is 21.2. The number of phenolic OH excluding ortho intramolecular Hbond substituents is 1. The monoisotopic (exact) mass is 495 g/mol. The number of allylic oxidation sites excluding steroid dienone is 2. The van der Waals surface area contributed by atoms with E-state index in [4.69, 9.17) is 4.74 Å².